The van der Waals surface area contributed by atoms with Crippen LogP contribution in [0.5, 0.6) is 11.5 Å². The van der Waals surface area contributed by atoms with Gasteiger partial charge in [-0.1, -0.05) is 6.07 Å². The van der Waals surface area contributed by atoms with Gasteiger partial charge in [0.25, 0.3) is 0 Å². The Morgan fingerprint density at radius 2 is 1.38 bits per heavy atom. The molecule has 29 heavy (non-hydrogen) atoms. The molecule has 0 aliphatic rings. The third-order valence-electron chi connectivity index (χ3n) is 3.73. The summed E-state index contributed by atoms with van der Waals surface area (Å²) in [5.74, 6) is -1.05. The van der Waals surface area contributed by atoms with Gasteiger partial charge < -0.3 is 15.2 Å². The van der Waals surface area contributed by atoms with Gasteiger partial charge in [0, 0.05) is 33.7 Å². The van der Waals surface area contributed by atoms with Crippen LogP contribution in [0.25, 0.3) is 0 Å². The summed E-state index contributed by atoms with van der Waals surface area (Å²) in [7, 11) is 0. The number of esters is 2. The molecule has 0 radical (unpaired) electrons. The van der Waals surface area contributed by atoms with Crippen LogP contribution >= 0.6 is 31.9 Å². The van der Waals surface area contributed by atoms with Crippen molar-refractivity contribution in [3.63, 3.8) is 0 Å². The van der Waals surface area contributed by atoms with E-state index < -0.39 is 11.9 Å². The van der Waals surface area contributed by atoms with Gasteiger partial charge in [0.2, 0.25) is 0 Å². The molecule has 3 rings (SSSR count). The maximum atomic E-state index is 12.5. The number of carbonyl (C=O) groups excluding carboxylic acids is 2. The van der Waals surface area contributed by atoms with Crippen LogP contribution in [0.15, 0.2) is 64.1 Å². The highest BCUT2D eigenvalue weighted by Crippen LogP contribution is 2.30. The quantitative estimate of drug-likeness (QED) is 0.387. The van der Waals surface area contributed by atoms with Gasteiger partial charge in [0.05, 0.1) is 11.1 Å². The lowest BCUT2D eigenvalue weighted by Crippen LogP contribution is -2.13. The van der Waals surface area contributed by atoms with E-state index in [9.17, 15) is 9.59 Å². The molecular weight excluding hydrogens is 506 g/mol. The summed E-state index contributed by atoms with van der Waals surface area (Å²) in [6.07, 6.45) is 6.45. The van der Waals surface area contributed by atoms with E-state index in [1.807, 2.05) is 0 Å². The summed E-state index contributed by atoms with van der Waals surface area (Å²) in [5.41, 5.74) is 6.95. The van der Waals surface area contributed by atoms with E-state index in [1.54, 1.807) is 42.7 Å². The Balaban J connectivity index is 1.88. The van der Waals surface area contributed by atoms with Crippen LogP contribution in [0.1, 0.15) is 26.3 Å². The molecule has 0 fully saturated rings. The highest BCUT2D eigenvalue weighted by Gasteiger charge is 2.18. The molecule has 7 nitrogen and oxygen atoms in total. The van der Waals surface area contributed by atoms with Crippen molar-refractivity contribution in [2.24, 2.45) is 5.73 Å². The third-order valence-corrected chi connectivity index (χ3v) is 4.59. The summed E-state index contributed by atoms with van der Waals surface area (Å²) in [6.45, 7) is 0.422. The molecule has 3 aromatic rings. The predicted molar refractivity (Wildman–Crippen MR) is 113 cm³/mol. The van der Waals surface area contributed by atoms with Gasteiger partial charge in [-0.2, -0.15) is 0 Å². The number of halogens is 2. The molecule has 0 saturated heterocycles. The minimum absolute atomic E-state index is 0.104. The topological polar surface area (TPSA) is 104 Å². The molecule has 148 valence electrons. The highest BCUT2D eigenvalue weighted by atomic mass is 79.9. The monoisotopic (exact) mass is 519 g/mol. The van der Waals surface area contributed by atoms with Crippen molar-refractivity contribution in [3.8, 4) is 11.5 Å². The number of nitrogens with two attached hydrogens (primary N) is 1. The second-order valence-electron chi connectivity index (χ2n) is 5.88. The SMILES string of the molecule is NCCc1ccc(OC(=O)c2cncc(Br)c2)c(OC(=O)c2cncc(Br)c2)c1. The van der Waals surface area contributed by atoms with Crippen molar-refractivity contribution in [2.45, 2.75) is 6.42 Å². The van der Waals surface area contributed by atoms with Gasteiger partial charge in [-0.15, -0.1) is 0 Å². The van der Waals surface area contributed by atoms with Crippen LogP contribution in [0.4, 0.5) is 0 Å². The van der Waals surface area contributed by atoms with Crippen LogP contribution in [0.2, 0.25) is 0 Å². The number of hydrogen-bond donors (Lipinski definition) is 1. The van der Waals surface area contributed by atoms with Crippen LogP contribution in [-0.4, -0.2) is 28.5 Å². The number of aromatic nitrogens is 2. The van der Waals surface area contributed by atoms with E-state index in [0.29, 0.717) is 21.9 Å². The number of nitrogens with zero attached hydrogens (tertiary/aromatic N) is 2. The Hall–Kier alpha value is -2.62. The van der Waals surface area contributed by atoms with Crippen molar-refractivity contribution < 1.29 is 19.1 Å². The van der Waals surface area contributed by atoms with Crippen LogP contribution in [0.3, 0.4) is 0 Å². The van der Waals surface area contributed by atoms with E-state index in [-0.39, 0.29) is 22.6 Å². The van der Waals surface area contributed by atoms with Crippen molar-refractivity contribution in [1.29, 1.82) is 0 Å². The molecule has 1 aromatic carbocycles. The Morgan fingerprint density at radius 3 is 1.90 bits per heavy atom. The average Bonchev–Trinajstić information content (AvgIpc) is 2.70. The van der Waals surface area contributed by atoms with Crippen molar-refractivity contribution in [2.75, 3.05) is 6.54 Å². The first kappa shape index (κ1) is 21.1. The first-order valence-electron chi connectivity index (χ1n) is 8.44. The van der Waals surface area contributed by atoms with Crippen LogP contribution < -0.4 is 15.2 Å². The van der Waals surface area contributed by atoms with Crippen molar-refractivity contribution >= 4 is 43.8 Å². The lowest BCUT2D eigenvalue weighted by atomic mass is 10.1. The molecule has 0 aliphatic carbocycles. The first-order chi connectivity index (χ1) is 14.0. The molecule has 0 aliphatic heterocycles. The minimum atomic E-state index is -0.634. The van der Waals surface area contributed by atoms with Gasteiger partial charge in [-0.05, 0) is 74.7 Å². The highest BCUT2D eigenvalue weighted by molar-refractivity contribution is 9.10. The molecule has 2 aromatic heterocycles. The maximum Gasteiger partial charge on any atom is 0.345 e. The lowest BCUT2D eigenvalue weighted by Gasteiger charge is -2.12. The fourth-order valence-corrected chi connectivity index (χ4v) is 3.13. The Kier molecular flexibility index (Phi) is 7.08. The van der Waals surface area contributed by atoms with Gasteiger partial charge >= 0.3 is 11.9 Å². The summed E-state index contributed by atoms with van der Waals surface area (Å²) >= 11 is 6.52. The summed E-state index contributed by atoms with van der Waals surface area (Å²) in [6, 6.07) is 8.11. The Bertz CT molecular complexity index is 1060. The smallest absolute Gasteiger partial charge is 0.345 e. The van der Waals surface area contributed by atoms with E-state index in [4.69, 9.17) is 15.2 Å². The molecule has 2 N–H and O–H groups in total. The minimum Gasteiger partial charge on any atom is -0.419 e. The molecule has 2 heterocycles. The Labute approximate surface area is 183 Å². The molecule has 9 heteroatoms. The number of pyridine rings is 2. The number of benzene rings is 1. The standard InChI is InChI=1S/C20H15Br2N3O4/c21-15-6-13(8-24-10-15)19(26)28-17-2-1-12(3-4-23)5-18(17)29-20(27)14-7-16(22)11-25-9-14/h1-2,5-11H,3-4,23H2. The van der Waals surface area contributed by atoms with Gasteiger partial charge in [0.1, 0.15) is 0 Å². The molecule has 0 saturated carbocycles. The number of hydrogen-bond acceptors (Lipinski definition) is 7. The number of carbonyl (C=O) groups is 2. The molecule has 0 atom stereocenters. The van der Waals surface area contributed by atoms with Crippen molar-refractivity contribution in [1.82, 2.24) is 9.97 Å². The number of rotatable bonds is 6. The summed E-state index contributed by atoms with van der Waals surface area (Å²) < 4.78 is 12.2. The average molecular weight is 521 g/mol. The van der Waals surface area contributed by atoms with Gasteiger partial charge in [0.15, 0.2) is 11.5 Å². The van der Waals surface area contributed by atoms with Crippen LogP contribution in [0, 0.1) is 0 Å². The summed E-state index contributed by atoms with van der Waals surface area (Å²) in [4.78, 5) is 32.9. The maximum absolute atomic E-state index is 12.5. The fourth-order valence-electron chi connectivity index (χ4n) is 2.40. The molecule has 0 amide bonds. The first-order valence-corrected chi connectivity index (χ1v) is 10.0. The zero-order valence-corrected chi connectivity index (χ0v) is 18.1. The molecule has 0 bridgehead atoms. The fraction of sp³-hybridized carbons (Fsp3) is 0.100. The molecule has 0 spiro atoms. The normalized spacial score (nSPS) is 10.4. The van der Waals surface area contributed by atoms with E-state index >= 15 is 0 Å². The van der Waals surface area contributed by atoms with Crippen LogP contribution in [-0.2, 0) is 6.42 Å². The van der Waals surface area contributed by atoms with Gasteiger partial charge in [-0.3, -0.25) is 9.97 Å². The zero-order chi connectivity index (χ0) is 20.8. The largest absolute Gasteiger partial charge is 0.419 e. The lowest BCUT2D eigenvalue weighted by molar-refractivity contribution is 0.0681. The van der Waals surface area contributed by atoms with Gasteiger partial charge in [-0.25, -0.2) is 9.59 Å². The van der Waals surface area contributed by atoms with Crippen molar-refractivity contribution in [3.05, 3.63) is 80.8 Å². The third kappa shape index (κ3) is 5.69. The van der Waals surface area contributed by atoms with E-state index in [1.165, 1.54) is 12.4 Å². The summed E-state index contributed by atoms with van der Waals surface area (Å²) in [5, 5.41) is 0. The Morgan fingerprint density at radius 1 is 0.828 bits per heavy atom. The molecule has 0 unspecified atom stereocenters. The predicted octanol–water partition coefficient (Wildman–Crippen LogP) is 3.94. The van der Waals surface area contributed by atoms with E-state index in [0.717, 1.165) is 5.56 Å². The van der Waals surface area contributed by atoms with E-state index in [2.05, 4.69) is 41.8 Å². The molecular formula is C20H15Br2N3O4. The second kappa shape index (κ2) is 9.73. The second-order valence-corrected chi connectivity index (χ2v) is 7.71. The zero-order valence-electron chi connectivity index (χ0n) is 15.0. The number of ether oxygens (including phenoxy) is 2.